The van der Waals surface area contributed by atoms with Gasteiger partial charge in [-0.05, 0) is 41.8 Å². The summed E-state index contributed by atoms with van der Waals surface area (Å²) in [5, 5.41) is 4.16. The van der Waals surface area contributed by atoms with Gasteiger partial charge in [0, 0.05) is 16.4 Å². The Morgan fingerprint density at radius 1 is 1.17 bits per heavy atom. The molecule has 7 heteroatoms. The highest BCUT2D eigenvalue weighted by Gasteiger charge is 2.19. The molecule has 0 radical (unpaired) electrons. The van der Waals surface area contributed by atoms with E-state index >= 15 is 0 Å². The molecule has 1 unspecified atom stereocenters. The molecule has 0 spiro atoms. The molecule has 0 aromatic heterocycles. The summed E-state index contributed by atoms with van der Waals surface area (Å²) in [5.74, 6) is -2.48. The van der Waals surface area contributed by atoms with E-state index in [0.717, 1.165) is 12.1 Å². The fourth-order valence-corrected chi connectivity index (χ4v) is 2.32. The smallest absolute Gasteiger partial charge is 0.168 e. The van der Waals surface area contributed by atoms with Gasteiger partial charge in [-0.25, -0.2) is 8.78 Å². The summed E-state index contributed by atoms with van der Waals surface area (Å²) in [6, 6.07) is 9.26. The van der Waals surface area contributed by atoms with Crippen LogP contribution in [0.2, 0.25) is 5.02 Å². The van der Waals surface area contributed by atoms with E-state index in [0.29, 0.717) is 10.6 Å². The van der Waals surface area contributed by atoms with Crippen LogP contribution in [-0.4, -0.2) is 5.78 Å². The quantitative estimate of drug-likeness (QED) is 0.292. The highest BCUT2D eigenvalue weighted by Crippen LogP contribution is 2.26. The Bertz CT molecular complexity index is 738. The SMILES string of the molecule is [N-]=[N+]=NC(CCC(=O)c1c(F)cccc1F)c1ccc(Cl)cc1. The number of benzene rings is 2. The lowest BCUT2D eigenvalue weighted by Crippen LogP contribution is -2.07. The van der Waals surface area contributed by atoms with E-state index in [1.54, 1.807) is 24.3 Å². The van der Waals surface area contributed by atoms with Crippen molar-refractivity contribution < 1.29 is 13.6 Å². The molecule has 0 aliphatic rings. The van der Waals surface area contributed by atoms with Crippen molar-refractivity contribution >= 4 is 17.4 Å². The summed E-state index contributed by atoms with van der Waals surface area (Å²) < 4.78 is 27.2. The number of hydrogen-bond acceptors (Lipinski definition) is 2. The van der Waals surface area contributed by atoms with Crippen LogP contribution in [0.4, 0.5) is 8.78 Å². The molecule has 2 aromatic carbocycles. The van der Waals surface area contributed by atoms with E-state index < -0.39 is 29.0 Å². The van der Waals surface area contributed by atoms with E-state index in [1.165, 1.54) is 6.07 Å². The molecule has 0 N–H and O–H groups in total. The molecular formula is C16H12ClF2N3O. The number of carbonyl (C=O) groups is 1. The molecule has 0 saturated heterocycles. The van der Waals surface area contributed by atoms with Crippen LogP contribution >= 0.6 is 11.6 Å². The first kappa shape index (κ1) is 16.9. The summed E-state index contributed by atoms with van der Waals surface area (Å²) in [7, 11) is 0. The van der Waals surface area contributed by atoms with E-state index in [-0.39, 0.29) is 12.8 Å². The molecule has 2 aromatic rings. The fourth-order valence-electron chi connectivity index (χ4n) is 2.20. The summed E-state index contributed by atoms with van der Waals surface area (Å²) in [6.07, 6.45) is -0.0114. The number of Topliss-reactive ketones (excluding diaryl/α,β-unsaturated/α-hetero) is 1. The molecule has 4 nitrogen and oxygen atoms in total. The van der Waals surface area contributed by atoms with Crippen molar-refractivity contribution in [2.24, 2.45) is 5.11 Å². The maximum absolute atomic E-state index is 13.6. The van der Waals surface area contributed by atoms with Crippen molar-refractivity contribution in [2.75, 3.05) is 0 Å². The second-order valence-corrected chi connectivity index (χ2v) is 5.27. The van der Waals surface area contributed by atoms with Gasteiger partial charge in [-0.1, -0.05) is 34.9 Å². The molecule has 0 saturated carbocycles. The van der Waals surface area contributed by atoms with Crippen molar-refractivity contribution in [3.63, 3.8) is 0 Å². The molecule has 0 aliphatic heterocycles. The number of hydrogen-bond donors (Lipinski definition) is 0. The van der Waals surface area contributed by atoms with E-state index in [4.69, 9.17) is 17.1 Å². The molecule has 0 heterocycles. The Morgan fingerprint density at radius 2 is 1.78 bits per heavy atom. The predicted molar refractivity (Wildman–Crippen MR) is 83.3 cm³/mol. The molecule has 0 amide bonds. The maximum Gasteiger partial charge on any atom is 0.168 e. The summed E-state index contributed by atoms with van der Waals surface area (Å²) >= 11 is 5.79. The number of ketones is 1. The summed E-state index contributed by atoms with van der Waals surface area (Å²) in [6.45, 7) is 0. The number of halogens is 3. The van der Waals surface area contributed by atoms with Crippen molar-refractivity contribution in [3.8, 4) is 0 Å². The third-order valence-corrected chi connectivity index (χ3v) is 3.58. The maximum atomic E-state index is 13.6. The first-order chi connectivity index (χ1) is 11.0. The van der Waals surface area contributed by atoms with Crippen LogP contribution in [0, 0.1) is 11.6 Å². The van der Waals surface area contributed by atoms with Crippen molar-refractivity contribution in [1.29, 1.82) is 0 Å². The minimum Gasteiger partial charge on any atom is -0.294 e. The minimum atomic E-state index is -0.901. The minimum absolute atomic E-state index is 0.137. The van der Waals surface area contributed by atoms with Crippen LogP contribution in [0.25, 0.3) is 10.4 Å². The first-order valence-electron chi connectivity index (χ1n) is 6.80. The predicted octanol–water partition coefficient (Wildman–Crippen LogP) is 5.63. The van der Waals surface area contributed by atoms with Gasteiger partial charge >= 0.3 is 0 Å². The monoisotopic (exact) mass is 335 g/mol. The second kappa shape index (κ2) is 7.72. The summed E-state index contributed by atoms with van der Waals surface area (Å²) in [5.41, 5.74) is 8.76. The van der Waals surface area contributed by atoms with Gasteiger partial charge in [-0.3, -0.25) is 4.79 Å². The highest BCUT2D eigenvalue weighted by molar-refractivity contribution is 6.30. The molecule has 0 bridgehead atoms. The van der Waals surface area contributed by atoms with Gasteiger partial charge in [0.05, 0.1) is 11.6 Å². The highest BCUT2D eigenvalue weighted by atomic mass is 35.5. The number of azide groups is 1. The number of rotatable bonds is 6. The van der Waals surface area contributed by atoms with Crippen molar-refractivity contribution in [3.05, 3.63) is 80.7 Å². The fraction of sp³-hybridized carbons (Fsp3) is 0.188. The van der Waals surface area contributed by atoms with Gasteiger partial charge < -0.3 is 0 Å². The zero-order valence-corrected chi connectivity index (χ0v) is 12.7. The van der Waals surface area contributed by atoms with Crippen LogP contribution in [0.3, 0.4) is 0 Å². The Kier molecular flexibility index (Phi) is 5.68. The van der Waals surface area contributed by atoms with E-state index in [9.17, 15) is 13.6 Å². The average molecular weight is 336 g/mol. The van der Waals surface area contributed by atoms with Crippen LogP contribution in [0.1, 0.15) is 34.8 Å². The topological polar surface area (TPSA) is 65.8 Å². The Labute approximate surface area is 136 Å². The van der Waals surface area contributed by atoms with Crippen LogP contribution in [-0.2, 0) is 0 Å². The molecule has 0 aliphatic carbocycles. The summed E-state index contributed by atoms with van der Waals surface area (Å²) in [4.78, 5) is 14.8. The third-order valence-electron chi connectivity index (χ3n) is 3.33. The number of nitrogens with zero attached hydrogens (tertiary/aromatic N) is 3. The standard InChI is InChI=1S/C16H12ClF2N3O/c17-11-6-4-10(5-7-11)14(21-22-20)8-9-15(23)16-12(18)2-1-3-13(16)19/h1-7,14H,8-9H2. The van der Waals surface area contributed by atoms with Gasteiger partial charge in [0.15, 0.2) is 5.78 Å². The molecule has 1 atom stereocenters. The molecule has 23 heavy (non-hydrogen) atoms. The van der Waals surface area contributed by atoms with Gasteiger partial charge in [-0.15, -0.1) is 0 Å². The van der Waals surface area contributed by atoms with Gasteiger partial charge in [-0.2, -0.15) is 0 Å². The Balaban J connectivity index is 2.14. The van der Waals surface area contributed by atoms with Crippen LogP contribution in [0.5, 0.6) is 0 Å². The number of carbonyl (C=O) groups excluding carboxylic acids is 1. The lowest BCUT2D eigenvalue weighted by atomic mass is 9.98. The van der Waals surface area contributed by atoms with Crippen molar-refractivity contribution in [1.82, 2.24) is 0 Å². The third kappa shape index (κ3) is 4.28. The Hall–Kier alpha value is -2.43. The molecule has 2 rings (SSSR count). The average Bonchev–Trinajstić information content (AvgIpc) is 2.52. The first-order valence-corrected chi connectivity index (χ1v) is 7.17. The van der Waals surface area contributed by atoms with Gasteiger partial charge in [0.1, 0.15) is 11.6 Å². The second-order valence-electron chi connectivity index (χ2n) is 4.83. The lowest BCUT2D eigenvalue weighted by molar-refractivity contribution is 0.0969. The zero-order chi connectivity index (χ0) is 16.8. The zero-order valence-electron chi connectivity index (χ0n) is 11.9. The van der Waals surface area contributed by atoms with E-state index in [1.807, 2.05) is 0 Å². The van der Waals surface area contributed by atoms with Crippen LogP contribution < -0.4 is 0 Å². The molecule has 118 valence electrons. The Morgan fingerprint density at radius 3 is 2.35 bits per heavy atom. The van der Waals surface area contributed by atoms with Gasteiger partial charge in [0.2, 0.25) is 0 Å². The lowest BCUT2D eigenvalue weighted by Gasteiger charge is -2.11. The van der Waals surface area contributed by atoms with Crippen LogP contribution in [0.15, 0.2) is 47.6 Å². The van der Waals surface area contributed by atoms with E-state index in [2.05, 4.69) is 10.0 Å². The molecular weight excluding hydrogens is 324 g/mol. The normalized spacial score (nSPS) is 11.6. The van der Waals surface area contributed by atoms with Gasteiger partial charge in [0.25, 0.3) is 0 Å². The van der Waals surface area contributed by atoms with Crippen molar-refractivity contribution in [2.45, 2.75) is 18.9 Å². The largest absolute Gasteiger partial charge is 0.294 e. The molecule has 0 fully saturated rings.